The minimum absolute atomic E-state index is 0.0746. The van der Waals surface area contributed by atoms with E-state index in [9.17, 15) is 9.90 Å². The number of aromatic hydroxyl groups is 1. The van der Waals surface area contributed by atoms with Gasteiger partial charge in [-0.2, -0.15) is 0 Å². The van der Waals surface area contributed by atoms with Crippen LogP contribution in [0.1, 0.15) is 76.0 Å². The number of carbonyl (C=O) groups is 1. The molecular weight excluding hydrogens is 420 g/mol. The molecule has 0 saturated heterocycles. The van der Waals surface area contributed by atoms with E-state index in [2.05, 4.69) is 69.6 Å². The lowest BCUT2D eigenvalue weighted by Gasteiger charge is -2.30. The summed E-state index contributed by atoms with van der Waals surface area (Å²) in [6.07, 6.45) is 0. The molecule has 2 aromatic rings. The van der Waals surface area contributed by atoms with Gasteiger partial charge >= 0.3 is 0 Å². The Labute approximate surface area is 175 Å². The maximum absolute atomic E-state index is 12.0. The van der Waals surface area contributed by atoms with Gasteiger partial charge in [-0.1, -0.05) is 93.5 Å². The summed E-state index contributed by atoms with van der Waals surface area (Å²) in [4.78, 5) is 12.0. The van der Waals surface area contributed by atoms with E-state index in [1.165, 1.54) is 11.8 Å². The number of phenolic OH excluding ortho intramolecular Hbond substituents is 1. The van der Waals surface area contributed by atoms with Crippen molar-refractivity contribution in [2.75, 3.05) is 0 Å². The van der Waals surface area contributed by atoms with Crippen molar-refractivity contribution >= 4 is 32.8 Å². The van der Waals surface area contributed by atoms with Gasteiger partial charge in [-0.25, -0.2) is 0 Å². The molecule has 1 N–H and O–H groups in total. The predicted octanol–water partition coefficient (Wildman–Crippen LogP) is 7.12. The van der Waals surface area contributed by atoms with Crippen molar-refractivity contribution in [2.45, 2.75) is 64.5 Å². The van der Waals surface area contributed by atoms with E-state index >= 15 is 0 Å². The first-order valence-electron chi connectivity index (χ1n) is 9.11. The quantitative estimate of drug-likeness (QED) is 0.542. The van der Waals surface area contributed by atoms with Crippen LogP contribution < -0.4 is 0 Å². The summed E-state index contributed by atoms with van der Waals surface area (Å²) in [6, 6.07) is 12.2. The summed E-state index contributed by atoms with van der Waals surface area (Å²) < 4.78 is 1.01. The molecule has 0 amide bonds. The van der Waals surface area contributed by atoms with Crippen LogP contribution in [0.25, 0.3) is 0 Å². The van der Waals surface area contributed by atoms with Gasteiger partial charge < -0.3 is 5.11 Å². The van der Waals surface area contributed by atoms with Gasteiger partial charge in [0.25, 0.3) is 0 Å². The summed E-state index contributed by atoms with van der Waals surface area (Å²) >= 11 is 4.80. The van der Waals surface area contributed by atoms with Gasteiger partial charge in [0.2, 0.25) is 0 Å². The van der Waals surface area contributed by atoms with Crippen molar-refractivity contribution in [3.05, 3.63) is 63.1 Å². The highest BCUT2D eigenvalue weighted by molar-refractivity contribution is 9.10. The lowest BCUT2D eigenvalue weighted by molar-refractivity contribution is -0.109. The SMILES string of the molecule is CC(=O)SC(c1ccc(Br)cc1)c1cc(C(C)(C)C)c(O)c(C(C)(C)C)c1. The van der Waals surface area contributed by atoms with Crippen LogP contribution >= 0.6 is 27.7 Å². The third-order valence-corrected chi connectivity index (χ3v) is 6.15. The summed E-state index contributed by atoms with van der Waals surface area (Å²) in [7, 11) is 0. The van der Waals surface area contributed by atoms with Crippen LogP contribution in [0.5, 0.6) is 5.75 Å². The minimum atomic E-state index is -0.203. The van der Waals surface area contributed by atoms with Crippen molar-refractivity contribution in [1.29, 1.82) is 0 Å². The average molecular weight is 449 g/mol. The Hall–Kier alpha value is -1.26. The first kappa shape index (κ1) is 22.0. The third-order valence-electron chi connectivity index (χ3n) is 4.51. The van der Waals surface area contributed by atoms with Crippen LogP contribution in [0.2, 0.25) is 0 Å². The molecule has 1 unspecified atom stereocenters. The maximum Gasteiger partial charge on any atom is 0.186 e. The van der Waals surface area contributed by atoms with Crippen molar-refractivity contribution in [3.8, 4) is 5.75 Å². The van der Waals surface area contributed by atoms with Crippen molar-refractivity contribution < 1.29 is 9.90 Å². The van der Waals surface area contributed by atoms with Crippen LogP contribution in [0, 0.1) is 0 Å². The van der Waals surface area contributed by atoms with Gasteiger partial charge in [0.1, 0.15) is 5.75 Å². The van der Waals surface area contributed by atoms with Crippen molar-refractivity contribution in [3.63, 3.8) is 0 Å². The van der Waals surface area contributed by atoms with Gasteiger partial charge in [-0.05, 0) is 45.2 Å². The zero-order valence-electron chi connectivity index (χ0n) is 17.2. The largest absolute Gasteiger partial charge is 0.507 e. The topological polar surface area (TPSA) is 37.3 Å². The van der Waals surface area contributed by atoms with E-state index in [1.807, 2.05) is 24.3 Å². The molecule has 0 spiro atoms. The maximum atomic E-state index is 12.0. The first-order chi connectivity index (χ1) is 12.3. The van der Waals surface area contributed by atoms with Crippen LogP contribution in [-0.2, 0) is 15.6 Å². The number of rotatable bonds is 3. The van der Waals surface area contributed by atoms with E-state index in [1.54, 1.807) is 6.92 Å². The van der Waals surface area contributed by atoms with E-state index in [-0.39, 0.29) is 21.2 Å². The Bertz CT molecular complexity index is 792. The van der Waals surface area contributed by atoms with E-state index in [0.29, 0.717) is 5.75 Å². The molecule has 27 heavy (non-hydrogen) atoms. The van der Waals surface area contributed by atoms with E-state index in [0.717, 1.165) is 26.7 Å². The Morgan fingerprint density at radius 1 is 0.926 bits per heavy atom. The molecule has 1 atom stereocenters. The molecule has 0 aliphatic heterocycles. The fourth-order valence-corrected chi connectivity index (χ4v) is 4.25. The number of thioether (sulfide) groups is 1. The molecule has 0 bridgehead atoms. The zero-order valence-corrected chi connectivity index (χ0v) is 19.6. The van der Waals surface area contributed by atoms with Gasteiger partial charge in [-0.15, -0.1) is 0 Å². The summed E-state index contributed by atoms with van der Waals surface area (Å²) in [5, 5.41) is 10.9. The lowest BCUT2D eigenvalue weighted by Crippen LogP contribution is -2.18. The lowest BCUT2D eigenvalue weighted by atomic mass is 9.78. The number of hydrogen-bond donors (Lipinski definition) is 1. The fraction of sp³-hybridized carbons (Fsp3) is 0.435. The number of halogens is 1. The van der Waals surface area contributed by atoms with Gasteiger partial charge in [0, 0.05) is 11.4 Å². The average Bonchev–Trinajstić information content (AvgIpc) is 2.51. The van der Waals surface area contributed by atoms with Crippen LogP contribution in [0.4, 0.5) is 0 Å². The second kappa shape index (κ2) is 8.00. The number of hydrogen-bond acceptors (Lipinski definition) is 3. The number of carbonyl (C=O) groups excluding carboxylic acids is 1. The smallest absolute Gasteiger partial charge is 0.186 e. The highest BCUT2D eigenvalue weighted by atomic mass is 79.9. The molecule has 2 rings (SSSR count). The predicted molar refractivity (Wildman–Crippen MR) is 120 cm³/mol. The normalized spacial score (nSPS) is 13.5. The molecule has 0 aliphatic rings. The van der Waals surface area contributed by atoms with Crippen LogP contribution in [0.3, 0.4) is 0 Å². The fourth-order valence-electron chi connectivity index (χ4n) is 3.08. The Balaban J connectivity index is 2.74. The van der Waals surface area contributed by atoms with E-state index < -0.39 is 0 Å². The molecule has 0 saturated carbocycles. The number of phenols is 1. The van der Waals surface area contributed by atoms with Crippen molar-refractivity contribution in [2.24, 2.45) is 0 Å². The van der Waals surface area contributed by atoms with E-state index in [4.69, 9.17) is 0 Å². The molecule has 2 aromatic carbocycles. The molecule has 4 heteroatoms. The Morgan fingerprint density at radius 3 is 1.74 bits per heavy atom. The van der Waals surface area contributed by atoms with Crippen LogP contribution in [-0.4, -0.2) is 10.2 Å². The molecule has 0 radical (unpaired) electrons. The van der Waals surface area contributed by atoms with Crippen LogP contribution in [0.15, 0.2) is 40.9 Å². The Morgan fingerprint density at radius 2 is 1.37 bits per heavy atom. The standard InChI is InChI=1S/C23H29BrO2S/c1-14(25)27-21(15-8-10-17(24)11-9-15)16-12-18(22(2,3)4)20(26)19(13-16)23(5,6)7/h8-13,21,26H,1-7H3. The molecule has 0 heterocycles. The molecular formula is C23H29BrO2S. The van der Waals surface area contributed by atoms with Gasteiger partial charge in [0.15, 0.2) is 5.12 Å². The molecule has 0 aliphatic carbocycles. The Kier molecular flexibility index (Phi) is 6.53. The summed E-state index contributed by atoms with van der Waals surface area (Å²) in [5.41, 5.74) is 3.54. The summed E-state index contributed by atoms with van der Waals surface area (Å²) in [6.45, 7) is 14.2. The second-order valence-electron chi connectivity index (χ2n) is 9.01. The van der Waals surface area contributed by atoms with Gasteiger partial charge in [-0.3, -0.25) is 4.79 Å². The zero-order chi connectivity index (χ0) is 20.6. The number of benzene rings is 2. The highest BCUT2D eigenvalue weighted by Crippen LogP contribution is 2.44. The first-order valence-corrected chi connectivity index (χ1v) is 10.8. The van der Waals surface area contributed by atoms with Crippen molar-refractivity contribution in [1.82, 2.24) is 0 Å². The monoisotopic (exact) mass is 448 g/mol. The summed E-state index contributed by atoms with van der Waals surface area (Å²) in [5.74, 6) is 0.362. The molecule has 0 aromatic heterocycles. The highest BCUT2D eigenvalue weighted by Gasteiger charge is 2.29. The molecule has 2 nitrogen and oxygen atoms in total. The molecule has 146 valence electrons. The minimum Gasteiger partial charge on any atom is -0.507 e. The van der Waals surface area contributed by atoms with Gasteiger partial charge in [0.05, 0.1) is 5.25 Å². The molecule has 0 fully saturated rings. The second-order valence-corrected chi connectivity index (χ2v) is 11.2. The third kappa shape index (κ3) is 5.39.